The summed E-state index contributed by atoms with van der Waals surface area (Å²) < 4.78 is 5.49. The van der Waals surface area contributed by atoms with E-state index in [0.717, 1.165) is 18.4 Å². The normalized spacial score (nSPS) is 13.9. The van der Waals surface area contributed by atoms with Crippen LogP contribution in [0.5, 0.6) is 0 Å². The zero-order valence-electron chi connectivity index (χ0n) is 12.4. The third kappa shape index (κ3) is 4.32. The number of ether oxygens (including phenoxy) is 1. The summed E-state index contributed by atoms with van der Waals surface area (Å²) in [4.78, 5) is 11.9. The van der Waals surface area contributed by atoms with E-state index < -0.39 is 11.5 Å². The maximum atomic E-state index is 11.9. The van der Waals surface area contributed by atoms with E-state index >= 15 is 0 Å². The van der Waals surface area contributed by atoms with Crippen molar-refractivity contribution in [3.05, 3.63) is 35.9 Å². The van der Waals surface area contributed by atoms with E-state index in [0.29, 0.717) is 26.2 Å². The van der Waals surface area contributed by atoms with Gasteiger partial charge in [-0.25, -0.2) is 4.79 Å². The van der Waals surface area contributed by atoms with Gasteiger partial charge in [-0.3, -0.25) is 5.32 Å². The van der Waals surface area contributed by atoms with E-state index in [4.69, 9.17) is 4.74 Å². The maximum Gasteiger partial charge on any atom is 0.328 e. The van der Waals surface area contributed by atoms with Gasteiger partial charge in [0.1, 0.15) is 5.54 Å². The first-order valence-corrected chi connectivity index (χ1v) is 7.29. The average Bonchev–Trinajstić information content (AvgIpc) is 2.47. The van der Waals surface area contributed by atoms with Crippen LogP contribution < -0.4 is 5.32 Å². The maximum absolute atomic E-state index is 11.9. The minimum atomic E-state index is -1.06. The van der Waals surface area contributed by atoms with Gasteiger partial charge in [0, 0.05) is 19.6 Å². The van der Waals surface area contributed by atoms with Crippen LogP contribution in [-0.4, -0.2) is 30.8 Å². The fourth-order valence-electron chi connectivity index (χ4n) is 2.17. The van der Waals surface area contributed by atoms with Crippen LogP contribution in [0, 0.1) is 0 Å². The first kappa shape index (κ1) is 16.7. The van der Waals surface area contributed by atoms with Crippen molar-refractivity contribution in [3.8, 4) is 0 Å². The molecule has 0 aliphatic carbocycles. The molecule has 0 radical (unpaired) electrons. The van der Waals surface area contributed by atoms with E-state index in [9.17, 15) is 9.90 Å². The van der Waals surface area contributed by atoms with Crippen LogP contribution >= 0.6 is 0 Å². The molecule has 0 aromatic heterocycles. The van der Waals surface area contributed by atoms with Gasteiger partial charge in [0.15, 0.2) is 0 Å². The number of hydrogen-bond donors (Lipinski definition) is 2. The molecule has 0 spiro atoms. The van der Waals surface area contributed by atoms with Crippen molar-refractivity contribution >= 4 is 5.97 Å². The number of hydrogen-bond acceptors (Lipinski definition) is 3. The van der Waals surface area contributed by atoms with Crippen LogP contribution in [-0.2, 0) is 15.1 Å². The molecule has 4 nitrogen and oxygen atoms in total. The van der Waals surface area contributed by atoms with Crippen LogP contribution in [0.4, 0.5) is 0 Å². The van der Waals surface area contributed by atoms with Crippen LogP contribution in [0.3, 0.4) is 0 Å². The fourth-order valence-corrected chi connectivity index (χ4v) is 2.17. The summed E-state index contributed by atoms with van der Waals surface area (Å²) in [5.74, 6) is -0.850. The Hall–Kier alpha value is -1.39. The first-order chi connectivity index (χ1) is 9.67. The molecule has 0 amide bonds. The van der Waals surface area contributed by atoms with E-state index in [2.05, 4.69) is 5.32 Å². The molecule has 112 valence electrons. The smallest absolute Gasteiger partial charge is 0.328 e. The Bertz CT molecular complexity index is 394. The third-order valence-electron chi connectivity index (χ3n) is 3.28. The van der Waals surface area contributed by atoms with Gasteiger partial charge in [-0.2, -0.15) is 0 Å². The first-order valence-electron chi connectivity index (χ1n) is 7.29. The number of carbonyl (C=O) groups is 1. The van der Waals surface area contributed by atoms with E-state index in [1.807, 2.05) is 44.2 Å². The van der Waals surface area contributed by atoms with E-state index in [1.165, 1.54) is 0 Å². The zero-order valence-corrected chi connectivity index (χ0v) is 12.4. The van der Waals surface area contributed by atoms with Gasteiger partial charge in [0.25, 0.3) is 0 Å². The lowest BCUT2D eigenvalue weighted by Crippen LogP contribution is -2.50. The number of benzene rings is 1. The molecule has 0 heterocycles. The molecule has 1 aromatic rings. The molecule has 0 aliphatic heterocycles. The highest BCUT2D eigenvalue weighted by atomic mass is 16.5. The molecular weight excluding hydrogens is 254 g/mol. The summed E-state index contributed by atoms with van der Waals surface area (Å²) in [6, 6.07) is 9.35. The Morgan fingerprint density at radius 1 is 1.20 bits per heavy atom. The highest BCUT2D eigenvalue weighted by Crippen LogP contribution is 2.26. The molecule has 4 heteroatoms. The van der Waals surface area contributed by atoms with Crippen molar-refractivity contribution < 1.29 is 14.6 Å². The second-order valence-corrected chi connectivity index (χ2v) is 4.87. The predicted octanol–water partition coefficient (Wildman–Crippen LogP) is 2.78. The van der Waals surface area contributed by atoms with E-state index in [1.54, 1.807) is 0 Å². The lowest BCUT2D eigenvalue weighted by molar-refractivity contribution is -0.146. The quantitative estimate of drug-likeness (QED) is 0.647. The van der Waals surface area contributed by atoms with Gasteiger partial charge < -0.3 is 9.84 Å². The lowest BCUT2D eigenvalue weighted by Gasteiger charge is -2.31. The molecule has 1 rings (SSSR count). The van der Waals surface area contributed by atoms with Crippen molar-refractivity contribution in [2.75, 3.05) is 19.8 Å². The molecule has 0 bridgehead atoms. The van der Waals surface area contributed by atoms with E-state index in [-0.39, 0.29) is 0 Å². The molecule has 0 fully saturated rings. The highest BCUT2D eigenvalue weighted by Gasteiger charge is 2.39. The van der Waals surface area contributed by atoms with Gasteiger partial charge in [-0.15, -0.1) is 0 Å². The number of aliphatic carboxylic acids is 1. The second kappa shape index (κ2) is 8.72. The average molecular weight is 279 g/mol. The monoisotopic (exact) mass is 279 g/mol. The number of carboxylic acids is 1. The number of rotatable bonds is 10. The molecule has 20 heavy (non-hydrogen) atoms. The fraction of sp³-hybridized carbons (Fsp3) is 0.562. The summed E-state index contributed by atoms with van der Waals surface area (Å²) in [5.41, 5.74) is -0.286. The van der Waals surface area contributed by atoms with Crippen molar-refractivity contribution in [1.29, 1.82) is 0 Å². The van der Waals surface area contributed by atoms with Gasteiger partial charge in [-0.1, -0.05) is 44.2 Å². The Kier molecular flexibility index (Phi) is 7.26. The van der Waals surface area contributed by atoms with Gasteiger partial charge in [0.05, 0.1) is 0 Å². The molecule has 1 atom stereocenters. The van der Waals surface area contributed by atoms with Crippen LogP contribution in [0.25, 0.3) is 0 Å². The van der Waals surface area contributed by atoms with Crippen molar-refractivity contribution in [2.45, 2.75) is 38.6 Å². The topological polar surface area (TPSA) is 58.6 Å². The SMILES string of the molecule is CCCNC(CCOCCC)(C(=O)O)c1ccccc1. The summed E-state index contributed by atoms with van der Waals surface area (Å²) in [6.45, 7) is 5.83. The molecule has 0 saturated heterocycles. The molecule has 1 aromatic carbocycles. The molecule has 0 saturated carbocycles. The number of nitrogens with one attached hydrogen (secondary N) is 1. The highest BCUT2D eigenvalue weighted by molar-refractivity contribution is 5.80. The standard InChI is InChI=1S/C16H25NO3/c1-3-11-17-16(15(18)19,10-13-20-12-4-2)14-8-6-5-7-9-14/h5-9,17H,3-4,10-13H2,1-2H3,(H,18,19). The summed E-state index contributed by atoms with van der Waals surface area (Å²) >= 11 is 0. The Labute approximate surface area is 121 Å². The van der Waals surface area contributed by atoms with Gasteiger partial charge in [0.2, 0.25) is 0 Å². The Morgan fingerprint density at radius 3 is 2.45 bits per heavy atom. The summed E-state index contributed by atoms with van der Waals surface area (Å²) in [5, 5.41) is 12.9. The van der Waals surface area contributed by atoms with Crippen LogP contribution in [0.15, 0.2) is 30.3 Å². The third-order valence-corrected chi connectivity index (χ3v) is 3.28. The summed E-state index contributed by atoms with van der Waals surface area (Å²) in [7, 11) is 0. The van der Waals surface area contributed by atoms with Crippen molar-refractivity contribution in [2.24, 2.45) is 0 Å². The molecule has 1 unspecified atom stereocenters. The van der Waals surface area contributed by atoms with Gasteiger partial charge >= 0.3 is 5.97 Å². The van der Waals surface area contributed by atoms with Crippen molar-refractivity contribution in [1.82, 2.24) is 5.32 Å². The minimum absolute atomic E-state index is 0.423. The Morgan fingerprint density at radius 2 is 1.90 bits per heavy atom. The second-order valence-electron chi connectivity index (χ2n) is 4.87. The summed E-state index contributed by atoms with van der Waals surface area (Å²) in [6.07, 6.45) is 2.25. The largest absolute Gasteiger partial charge is 0.480 e. The zero-order chi connectivity index (χ0) is 14.8. The van der Waals surface area contributed by atoms with Crippen LogP contribution in [0.1, 0.15) is 38.7 Å². The number of carboxylic acid groups (broad SMARTS) is 1. The predicted molar refractivity (Wildman–Crippen MR) is 79.8 cm³/mol. The van der Waals surface area contributed by atoms with Crippen molar-refractivity contribution in [3.63, 3.8) is 0 Å². The Balaban J connectivity index is 2.92. The minimum Gasteiger partial charge on any atom is -0.480 e. The lowest BCUT2D eigenvalue weighted by atomic mass is 9.86. The van der Waals surface area contributed by atoms with Crippen LogP contribution in [0.2, 0.25) is 0 Å². The van der Waals surface area contributed by atoms with Gasteiger partial charge in [-0.05, 0) is 24.9 Å². The molecule has 2 N–H and O–H groups in total. The molecule has 0 aliphatic rings. The molecular formula is C16H25NO3.